The van der Waals surface area contributed by atoms with Crippen LogP contribution in [-0.2, 0) is 21.2 Å². The quantitative estimate of drug-likeness (QED) is 0.681. The highest BCUT2D eigenvalue weighted by atomic mass is 35.5. The number of carbonyl (C=O) groups excluding carboxylic acids is 1. The van der Waals surface area contributed by atoms with Gasteiger partial charge in [-0.3, -0.25) is 4.79 Å². The zero-order chi connectivity index (χ0) is 19.0. The van der Waals surface area contributed by atoms with Crippen LogP contribution in [0.5, 0.6) is 5.75 Å². The number of sulfonamides is 1. The summed E-state index contributed by atoms with van der Waals surface area (Å²) in [4.78, 5) is 11.9. The molecule has 2 N–H and O–H groups in total. The molecule has 0 aliphatic heterocycles. The van der Waals surface area contributed by atoms with E-state index in [2.05, 4.69) is 10.0 Å². The van der Waals surface area contributed by atoms with Gasteiger partial charge >= 0.3 is 0 Å². The van der Waals surface area contributed by atoms with Crippen molar-refractivity contribution in [3.8, 4) is 5.75 Å². The van der Waals surface area contributed by atoms with Crippen molar-refractivity contribution in [2.45, 2.75) is 18.2 Å². The molecule has 0 aliphatic rings. The van der Waals surface area contributed by atoms with Crippen molar-refractivity contribution < 1.29 is 17.9 Å². The Balaban J connectivity index is 1.80. The summed E-state index contributed by atoms with van der Waals surface area (Å²) in [6.07, 6.45) is 0.609. The first kappa shape index (κ1) is 20.2. The predicted octanol–water partition coefficient (Wildman–Crippen LogP) is 2.38. The molecule has 8 heteroatoms. The third kappa shape index (κ3) is 6.33. The Morgan fingerprint density at radius 3 is 2.54 bits per heavy atom. The Kier molecular flexibility index (Phi) is 7.44. The van der Waals surface area contributed by atoms with E-state index in [1.54, 1.807) is 18.2 Å². The van der Waals surface area contributed by atoms with Gasteiger partial charge in [-0.25, -0.2) is 13.1 Å². The largest absolute Gasteiger partial charge is 0.494 e. The normalized spacial score (nSPS) is 11.2. The third-order valence-electron chi connectivity index (χ3n) is 3.49. The van der Waals surface area contributed by atoms with Crippen LogP contribution in [0.2, 0.25) is 5.02 Å². The minimum Gasteiger partial charge on any atom is -0.494 e. The van der Waals surface area contributed by atoms with Gasteiger partial charge < -0.3 is 10.1 Å². The Morgan fingerprint density at radius 2 is 1.88 bits per heavy atom. The van der Waals surface area contributed by atoms with Crippen molar-refractivity contribution in [1.82, 2.24) is 10.0 Å². The minimum absolute atomic E-state index is 0.0766. The van der Waals surface area contributed by atoms with Crippen LogP contribution in [0.25, 0.3) is 0 Å². The Hall–Kier alpha value is -2.09. The van der Waals surface area contributed by atoms with Crippen LogP contribution in [-0.4, -0.2) is 34.0 Å². The molecule has 2 aromatic rings. The van der Waals surface area contributed by atoms with Crippen LogP contribution in [0.3, 0.4) is 0 Å². The molecular weight excluding hydrogens is 376 g/mol. The lowest BCUT2D eigenvalue weighted by atomic mass is 10.1. The second-order valence-electron chi connectivity index (χ2n) is 5.46. The summed E-state index contributed by atoms with van der Waals surface area (Å²) < 4.78 is 31.9. The topological polar surface area (TPSA) is 84.5 Å². The summed E-state index contributed by atoms with van der Waals surface area (Å²) in [5, 5.41) is 3.31. The first-order chi connectivity index (χ1) is 12.4. The number of rotatable bonds is 9. The van der Waals surface area contributed by atoms with Gasteiger partial charge in [0, 0.05) is 11.6 Å². The van der Waals surface area contributed by atoms with E-state index >= 15 is 0 Å². The highest BCUT2D eigenvalue weighted by Gasteiger charge is 2.15. The number of halogens is 1. The molecule has 0 bridgehead atoms. The van der Waals surface area contributed by atoms with Crippen molar-refractivity contribution in [3.05, 3.63) is 59.1 Å². The van der Waals surface area contributed by atoms with Crippen LogP contribution in [0.15, 0.2) is 53.4 Å². The first-order valence-electron chi connectivity index (χ1n) is 8.14. The predicted molar refractivity (Wildman–Crippen MR) is 101 cm³/mol. The summed E-state index contributed by atoms with van der Waals surface area (Å²) in [6.45, 7) is 2.41. The van der Waals surface area contributed by atoms with Crippen molar-refractivity contribution in [1.29, 1.82) is 0 Å². The molecular formula is C18H21ClN2O4S. The zero-order valence-corrected chi connectivity index (χ0v) is 15.9. The van der Waals surface area contributed by atoms with Gasteiger partial charge in [0.25, 0.3) is 0 Å². The van der Waals surface area contributed by atoms with Crippen LogP contribution < -0.4 is 14.8 Å². The van der Waals surface area contributed by atoms with Gasteiger partial charge in [-0.2, -0.15) is 0 Å². The highest BCUT2D eigenvalue weighted by molar-refractivity contribution is 7.89. The first-order valence-corrected chi connectivity index (χ1v) is 10.0. The zero-order valence-electron chi connectivity index (χ0n) is 14.4. The minimum atomic E-state index is -3.75. The maximum absolute atomic E-state index is 12.2. The van der Waals surface area contributed by atoms with Gasteiger partial charge in [0.15, 0.2) is 0 Å². The van der Waals surface area contributed by atoms with Crippen molar-refractivity contribution in [2.24, 2.45) is 0 Å². The molecule has 2 rings (SSSR count). The number of ether oxygens (including phenoxy) is 1. The molecule has 0 aromatic heterocycles. The number of hydrogen-bond acceptors (Lipinski definition) is 4. The van der Waals surface area contributed by atoms with Crippen LogP contribution in [0.1, 0.15) is 12.5 Å². The van der Waals surface area contributed by atoms with Crippen molar-refractivity contribution >= 4 is 27.5 Å². The monoisotopic (exact) mass is 396 g/mol. The molecule has 140 valence electrons. The van der Waals surface area contributed by atoms with Gasteiger partial charge in [0.05, 0.1) is 18.0 Å². The molecule has 6 nitrogen and oxygen atoms in total. The van der Waals surface area contributed by atoms with Crippen LogP contribution in [0, 0.1) is 0 Å². The van der Waals surface area contributed by atoms with Crippen molar-refractivity contribution in [3.63, 3.8) is 0 Å². The van der Waals surface area contributed by atoms with Gasteiger partial charge in [-0.1, -0.05) is 23.7 Å². The number of amides is 1. The summed E-state index contributed by atoms with van der Waals surface area (Å²) in [6, 6.07) is 13.4. The molecule has 0 radical (unpaired) electrons. The smallest absolute Gasteiger partial charge is 0.241 e. The summed E-state index contributed by atoms with van der Waals surface area (Å²) >= 11 is 5.90. The highest BCUT2D eigenvalue weighted by Crippen LogP contribution is 2.15. The molecule has 2 aromatic carbocycles. The Bertz CT molecular complexity index is 839. The molecule has 0 aliphatic carbocycles. The van der Waals surface area contributed by atoms with E-state index in [4.69, 9.17) is 16.3 Å². The Morgan fingerprint density at radius 1 is 1.15 bits per heavy atom. The lowest BCUT2D eigenvalue weighted by Crippen LogP contribution is -2.37. The average Bonchev–Trinajstić information content (AvgIpc) is 2.61. The standard InChI is InChI=1S/C18H21ClN2O4S/c1-2-25-16-6-8-17(9-7-16)26(23,24)21-13-18(22)20-11-10-14-4-3-5-15(19)12-14/h3-9,12,21H,2,10-11,13H2,1H3,(H,20,22). The molecule has 0 fully saturated rings. The Labute approximate surface area is 158 Å². The van der Waals surface area contributed by atoms with E-state index < -0.39 is 15.9 Å². The van der Waals surface area contributed by atoms with Gasteiger partial charge in [0.1, 0.15) is 5.75 Å². The average molecular weight is 397 g/mol. The maximum atomic E-state index is 12.2. The van der Waals surface area contributed by atoms with Gasteiger partial charge in [0.2, 0.25) is 15.9 Å². The third-order valence-corrected chi connectivity index (χ3v) is 5.14. The molecule has 0 spiro atoms. The lowest BCUT2D eigenvalue weighted by Gasteiger charge is -2.09. The lowest BCUT2D eigenvalue weighted by molar-refractivity contribution is -0.119. The molecule has 0 heterocycles. The van der Waals surface area contributed by atoms with Crippen LogP contribution >= 0.6 is 11.6 Å². The fourth-order valence-electron chi connectivity index (χ4n) is 2.23. The molecule has 0 unspecified atom stereocenters. The summed E-state index contributed by atoms with van der Waals surface area (Å²) in [5.41, 5.74) is 0.993. The van der Waals surface area contributed by atoms with E-state index in [1.807, 2.05) is 25.1 Å². The van der Waals surface area contributed by atoms with E-state index in [0.29, 0.717) is 30.3 Å². The second-order valence-corrected chi connectivity index (χ2v) is 7.66. The number of carbonyl (C=O) groups is 1. The number of hydrogen-bond donors (Lipinski definition) is 2. The van der Waals surface area contributed by atoms with E-state index in [0.717, 1.165) is 5.56 Å². The van der Waals surface area contributed by atoms with Gasteiger partial charge in [-0.05, 0) is 55.3 Å². The van der Waals surface area contributed by atoms with E-state index in [9.17, 15) is 13.2 Å². The fraction of sp³-hybridized carbons (Fsp3) is 0.278. The number of nitrogens with one attached hydrogen (secondary N) is 2. The van der Waals surface area contributed by atoms with Crippen LogP contribution in [0.4, 0.5) is 0 Å². The SMILES string of the molecule is CCOc1ccc(S(=O)(=O)NCC(=O)NCCc2cccc(Cl)c2)cc1. The number of benzene rings is 2. The second kappa shape index (κ2) is 9.56. The summed E-state index contributed by atoms with van der Waals surface area (Å²) in [5.74, 6) is 0.187. The van der Waals surface area contributed by atoms with E-state index in [-0.39, 0.29) is 11.4 Å². The summed E-state index contributed by atoms with van der Waals surface area (Å²) in [7, 11) is -3.75. The maximum Gasteiger partial charge on any atom is 0.241 e. The fourth-order valence-corrected chi connectivity index (χ4v) is 3.42. The molecule has 0 atom stereocenters. The molecule has 26 heavy (non-hydrogen) atoms. The molecule has 1 amide bonds. The van der Waals surface area contributed by atoms with E-state index in [1.165, 1.54) is 12.1 Å². The molecule has 0 saturated carbocycles. The molecule has 0 saturated heterocycles. The van der Waals surface area contributed by atoms with Gasteiger partial charge in [-0.15, -0.1) is 0 Å². The van der Waals surface area contributed by atoms with Crippen molar-refractivity contribution in [2.75, 3.05) is 19.7 Å².